The van der Waals surface area contributed by atoms with Crippen molar-refractivity contribution in [3.63, 3.8) is 0 Å². The summed E-state index contributed by atoms with van der Waals surface area (Å²) in [6.07, 6.45) is 8.22. The molecule has 2 aromatic rings. The first kappa shape index (κ1) is 19.0. The van der Waals surface area contributed by atoms with E-state index in [4.69, 9.17) is 9.47 Å². The Morgan fingerprint density at radius 3 is 2.96 bits per heavy atom. The minimum Gasteiger partial charge on any atom is -0.496 e. The molecule has 28 heavy (non-hydrogen) atoms. The van der Waals surface area contributed by atoms with Gasteiger partial charge >= 0.3 is 0 Å². The second kappa shape index (κ2) is 7.95. The zero-order chi connectivity index (χ0) is 19.7. The maximum Gasteiger partial charge on any atom is 0.217 e. The van der Waals surface area contributed by atoms with Gasteiger partial charge in [-0.05, 0) is 43.9 Å². The SMILES string of the molecule is COc1ccc([C@H]2C[C@@H](NC(C)=O)[C@@H]3CCC[C@H]3O2)cc1Cn1ccnc1C. The van der Waals surface area contributed by atoms with Gasteiger partial charge in [-0.3, -0.25) is 4.79 Å². The van der Waals surface area contributed by atoms with E-state index in [0.717, 1.165) is 42.0 Å². The van der Waals surface area contributed by atoms with Gasteiger partial charge < -0.3 is 19.4 Å². The van der Waals surface area contributed by atoms with Crippen LogP contribution in [0.1, 0.15) is 55.7 Å². The van der Waals surface area contributed by atoms with Crippen molar-refractivity contribution < 1.29 is 14.3 Å². The molecule has 0 bridgehead atoms. The number of imidazole rings is 1. The molecule has 1 aromatic carbocycles. The van der Waals surface area contributed by atoms with Crippen molar-refractivity contribution in [2.24, 2.45) is 5.92 Å². The summed E-state index contributed by atoms with van der Waals surface area (Å²) in [7, 11) is 1.70. The van der Waals surface area contributed by atoms with E-state index in [1.165, 1.54) is 6.42 Å². The Hall–Kier alpha value is -2.34. The number of rotatable bonds is 5. The number of aromatic nitrogens is 2. The molecule has 0 spiro atoms. The van der Waals surface area contributed by atoms with Crippen molar-refractivity contribution in [2.75, 3.05) is 7.11 Å². The largest absolute Gasteiger partial charge is 0.496 e. The van der Waals surface area contributed by atoms with E-state index >= 15 is 0 Å². The number of fused-ring (bicyclic) bond motifs is 1. The molecule has 1 aliphatic heterocycles. The number of benzene rings is 1. The molecule has 1 saturated carbocycles. The molecule has 2 heterocycles. The van der Waals surface area contributed by atoms with E-state index in [-0.39, 0.29) is 24.2 Å². The van der Waals surface area contributed by atoms with Gasteiger partial charge in [0, 0.05) is 36.8 Å². The predicted molar refractivity (Wildman–Crippen MR) is 106 cm³/mol. The highest BCUT2D eigenvalue weighted by Crippen LogP contribution is 2.43. The third-order valence-electron chi connectivity index (χ3n) is 6.16. The third-order valence-corrected chi connectivity index (χ3v) is 6.16. The fraction of sp³-hybridized carbons (Fsp3) is 0.545. The van der Waals surface area contributed by atoms with Crippen LogP contribution in [-0.2, 0) is 16.1 Å². The highest BCUT2D eigenvalue weighted by atomic mass is 16.5. The summed E-state index contributed by atoms with van der Waals surface area (Å²) in [5.74, 6) is 2.32. The van der Waals surface area contributed by atoms with Crippen LogP contribution in [0.4, 0.5) is 0 Å². The number of hydrogen-bond acceptors (Lipinski definition) is 4. The van der Waals surface area contributed by atoms with Crippen LogP contribution in [0.2, 0.25) is 0 Å². The molecule has 6 nitrogen and oxygen atoms in total. The van der Waals surface area contributed by atoms with E-state index in [0.29, 0.717) is 12.5 Å². The minimum absolute atomic E-state index is 0.00950. The Bertz CT molecular complexity index is 847. The summed E-state index contributed by atoms with van der Waals surface area (Å²) >= 11 is 0. The average Bonchev–Trinajstić information content (AvgIpc) is 3.30. The lowest BCUT2D eigenvalue weighted by molar-refractivity contribution is -0.124. The highest BCUT2D eigenvalue weighted by Gasteiger charge is 2.42. The van der Waals surface area contributed by atoms with Gasteiger partial charge in [-0.1, -0.05) is 12.5 Å². The number of carbonyl (C=O) groups is 1. The van der Waals surface area contributed by atoms with Gasteiger partial charge in [-0.25, -0.2) is 4.98 Å². The zero-order valence-corrected chi connectivity index (χ0v) is 16.9. The first-order valence-corrected chi connectivity index (χ1v) is 10.1. The lowest BCUT2D eigenvalue weighted by Crippen LogP contribution is -2.47. The fourth-order valence-electron chi connectivity index (χ4n) is 4.77. The number of methoxy groups -OCH3 is 1. The molecule has 6 heteroatoms. The number of ether oxygens (including phenoxy) is 2. The van der Waals surface area contributed by atoms with Crippen molar-refractivity contribution in [2.45, 2.75) is 64.3 Å². The predicted octanol–water partition coefficient (Wildman–Crippen LogP) is 3.38. The average molecular weight is 383 g/mol. The molecule has 4 atom stereocenters. The van der Waals surface area contributed by atoms with Gasteiger partial charge in [0.25, 0.3) is 0 Å². The normalized spacial score (nSPS) is 26.7. The Balaban J connectivity index is 1.60. The summed E-state index contributed by atoms with van der Waals surface area (Å²) in [5.41, 5.74) is 2.25. The quantitative estimate of drug-likeness (QED) is 0.860. The molecule has 1 N–H and O–H groups in total. The fourth-order valence-corrected chi connectivity index (χ4v) is 4.77. The first-order chi connectivity index (χ1) is 13.5. The summed E-state index contributed by atoms with van der Waals surface area (Å²) in [5, 5.41) is 3.18. The number of aryl methyl sites for hydroxylation is 1. The second-order valence-electron chi connectivity index (χ2n) is 7.97. The van der Waals surface area contributed by atoms with Crippen molar-refractivity contribution in [3.05, 3.63) is 47.5 Å². The molecule has 2 fully saturated rings. The van der Waals surface area contributed by atoms with E-state index < -0.39 is 0 Å². The standard InChI is InChI=1S/C22H29N3O3/c1-14-23-9-10-25(14)13-17-11-16(7-8-20(17)27-3)22-12-19(24-15(2)26)18-5-4-6-21(18)28-22/h7-11,18-19,21-22H,4-6,12-13H2,1-3H3,(H,24,26)/t18-,19+,21+,22+/m0/s1. The van der Waals surface area contributed by atoms with Gasteiger partial charge in [0.05, 0.1) is 25.9 Å². The maximum atomic E-state index is 11.7. The summed E-state index contributed by atoms with van der Waals surface area (Å²) in [6, 6.07) is 6.48. The smallest absolute Gasteiger partial charge is 0.217 e. The second-order valence-corrected chi connectivity index (χ2v) is 7.97. The van der Waals surface area contributed by atoms with Crippen molar-refractivity contribution in [1.29, 1.82) is 0 Å². The van der Waals surface area contributed by atoms with E-state index in [1.54, 1.807) is 14.0 Å². The monoisotopic (exact) mass is 383 g/mol. The molecular weight excluding hydrogens is 354 g/mol. The van der Waals surface area contributed by atoms with Gasteiger partial charge in [0.15, 0.2) is 0 Å². The Morgan fingerprint density at radius 2 is 2.25 bits per heavy atom. The molecule has 1 aromatic heterocycles. The number of nitrogens with one attached hydrogen (secondary N) is 1. The molecule has 1 amide bonds. The lowest BCUT2D eigenvalue weighted by atomic mass is 9.86. The molecule has 2 aliphatic rings. The van der Waals surface area contributed by atoms with Crippen LogP contribution in [0.25, 0.3) is 0 Å². The molecule has 1 aliphatic carbocycles. The van der Waals surface area contributed by atoms with Gasteiger partial charge in [0.2, 0.25) is 5.91 Å². The maximum absolute atomic E-state index is 11.7. The van der Waals surface area contributed by atoms with Crippen LogP contribution in [0.3, 0.4) is 0 Å². The summed E-state index contributed by atoms with van der Waals surface area (Å²) in [4.78, 5) is 16.0. The number of hydrogen-bond donors (Lipinski definition) is 1. The topological polar surface area (TPSA) is 65.4 Å². The van der Waals surface area contributed by atoms with Crippen LogP contribution in [0.15, 0.2) is 30.6 Å². The Morgan fingerprint density at radius 1 is 1.39 bits per heavy atom. The summed E-state index contributed by atoms with van der Waals surface area (Å²) in [6.45, 7) is 4.31. The molecule has 4 rings (SSSR count). The molecular formula is C22H29N3O3. The number of amides is 1. The Kier molecular flexibility index (Phi) is 5.40. The van der Waals surface area contributed by atoms with Crippen molar-refractivity contribution in [3.8, 4) is 5.75 Å². The third kappa shape index (κ3) is 3.78. The van der Waals surface area contributed by atoms with Crippen LogP contribution in [-0.4, -0.2) is 34.7 Å². The van der Waals surface area contributed by atoms with E-state index in [1.807, 2.05) is 25.4 Å². The van der Waals surface area contributed by atoms with Gasteiger partial charge in [-0.2, -0.15) is 0 Å². The zero-order valence-electron chi connectivity index (χ0n) is 16.9. The summed E-state index contributed by atoms with van der Waals surface area (Å²) < 4.78 is 14.2. The van der Waals surface area contributed by atoms with Crippen molar-refractivity contribution in [1.82, 2.24) is 14.9 Å². The van der Waals surface area contributed by atoms with Gasteiger partial charge in [0.1, 0.15) is 11.6 Å². The van der Waals surface area contributed by atoms with E-state index in [2.05, 4.69) is 27.0 Å². The molecule has 0 unspecified atom stereocenters. The van der Waals surface area contributed by atoms with Crippen molar-refractivity contribution >= 4 is 5.91 Å². The minimum atomic E-state index is -0.00950. The van der Waals surface area contributed by atoms with Gasteiger partial charge in [-0.15, -0.1) is 0 Å². The number of carbonyl (C=O) groups excluding carboxylic acids is 1. The molecule has 0 radical (unpaired) electrons. The van der Waals surface area contributed by atoms with Crippen LogP contribution in [0, 0.1) is 12.8 Å². The number of nitrogens with zero attached hydrogens (tertiary/aromatic N) is 2. The molecule has 1 saturated heterocycles. The first-order valence-electron chi connectivity index (χ1n) is 10.1. The Labute approximate surface area is 166 Å². The van der Waals surface area contributed by atoms with E-state index in [9.17, 15) is 4.79 Å². The molecule has 150 valence electrons. The highest BCUT2D eigenvalue weighted by molar-refractivity contribution is 5.73. The van der Waals surface area contributed by atoms with Crippen LogP contribution in [0.5, 0.6) is 5.75 Å². The van der Waals surface area contributed by atoms with Crippen LogP contribution < -0.4 is 10.1 Å². The lowest BCUT2D eigenvalue weighted by Gasteiger charge is -2.39. The van der Waals surface area contributed by atoms with Crippen LogP contribution >= 0.6 is 0 Å².